The van der Waals surface area contributed by atoms with Gasteiger partial charge in [-0.3, -0.25) is 4.79 Å². The predicted molar refractivity (Wildman–Crippen MR) is 122 cm³/mol. The van der Waals surface area contributed by atoms with E-state index in [1.165, 1.54) is 0 Å². The average Bonchev–Trinajstić information content (AvgIpc) is 3.17. The number of carbonyl (C=O) groups is 1. The molecule has 1 amide bonds. The third-order valence-electron chi connectivity index (χ3n) is 4.96. The summed E-state index contributed by atoms with van der Waals surface area (Å²) in [6.45, 7) is 3.68. The monoisotopic (exact) mass is 432 g/mol. The highest BCUT2D eigenvalue weighted by Crippen LogP contribution is 2.29. The second-order valence-corrected chi connectivity index (χ2v) is 7.22. The Labute approximate surface area is 185 Å². The van der Waals surface area contributed by atoms with Crippen molar-refractivity contribution in [3.8, 4) is 23.1 Å². The Balaban J connectivity index is 1.60. The molecule has 1 N–H and O–H groups in total. The Kier molecular flexibility index (Phi) is 5.93. The summed E-state index contributed by atoms with van der Waals surface area (Å²) < 4.78 is 18.0. The molecule has 0 aliphatic heterocycles. The van der Waals surface area contributed by atoms with Gasteiger partial charge in [0.1, 0.15) is 17.1 Å². The third-order valence-corrected chi connectivity index (χ3v) is 4.96. The summed E-state index contributed by atoms with van der Waals surface area (Å²) in [4.78, 5) is 17.4. The first-order chi connectivity index (χ1) is 15.5. The Morgan fingerprint density at radius 2 is 1.69 bits per heavy atom. The number of aryl methyl sites for hydroxylation is 2. The number of aromatic nitrogens is 3. The standard InChI is InChI=1S/C24H24N4O4/c1-15-12-21(26-24-17(15)8-7-11-20(24)31-4)28-22(13-16(2)27-28)25-23(29)14-32-19-10-6-5-9-18(19)30-3/h5-13H,14H2,1-4H3,(H,25,29). The second kappa shape index (κ2) is 8.97. The Morgan fingerprint density at radius 1 is 0.969 bits per heavy atom. The largest absolute Gasteiger partial charge is 0.494 e. The molecule has 0 aliphatic rings. The smallest absolute Gasteiger partial charge is 0.263 e. The first-order valence-corrected chi connectivity index (χ1v) is 10.1. The van der Waals surface area contributed by atoms with E-state index in [9.17, 15) is 4.79 Å². The number of ether oxygens (including phenoxy) is 3. The number of pyridine rings is 1. The fourth-order valence-electron chi connectivity index (χ4n) is 3.47. The molecule has 0 bridgehead atoms. The SMILES string of the molecule is COc1ccccc1OCC(=O)Nc1cc(C)nn1-c1cc(C)c2cccc(OC)c2n1. The minimum atomic E-state index is -0.327. The van der Waals surface area contributed by atoms with Gasteiger partial charge in [-0.15, -0.1) is 0 Å². The molecule has 164 valence electrons. The minimum Gasteiger partial charge on any atom is -0.494 e. The Hall–Kier alpha value is -4.07. The fourth-order valence-corrected chi connectivity index (χ4v) is 3.47. The molecular formula is C24H24N4O4. The van der Waals surface area contributed by atoms with Gasteiger partial charge in [-0.1, -0.05) is 24.3 Å². The number of nitrogens with zero attached hydrogens (tertiary/aromatic N) is 3. The summed E-state index contributed by atoms with van der Waals surface area (Å²) in [5, 5.41) is 8.37. The average molecular weight is 432 g/mol. The summed E-state index contributed by atoms with van der Waals surface area (Å²) in [7, 11) is 3.17. The summed E-state index contributed by atoms with van der Waals surface area (Å²) in [6, 6.07) is 16.7. The topological polar surface area (TPSA) is 87.5 Å². The van der Waals surface area contributed by atoms with E-state index < -0.39 is 0 Å². The number of anilines is 1. The second-order valence-electron chi connectivity index (χ2n) is 7.22. The van der Waals surface area contributed by atoms with Gasteiger partial charge in [0.25, 0.3) is 5.91 Å². The van der Waals surface area contributed by atoms with Gasteiger partial charge in [0, 0.05) is 11.5 Å². The number of benzene rings is 2. The first kappa shape index (κ1) is 21.2. The number of hydrogen-bond acceptors (Lipinski definition) is 6. The van der Waals surface area contributed by atoms with Crippen LogP contribution < -0.4 is 19.5 Å². The van der Waals surface area contributed by atoms with Gasteiger partial charge in [-0.25, -0.2) is 4.98 Å². The van der Waals surface area contributed by atoms with E-state index in [1.807, 2.05) is 50.2 Å². The number of carbonyl (C=O) groups excluding carboxylic acids is 1. The van der Waals surface area contributed by atoms with Crippen LogP contribution in [0.2, 0.25) is 0 Å². The van der Waals surface area contributed by atoms with Crippen molar-refractivity contribution in [1.29, 1.82) is 0 Å². The predicted octanol–water partition coefficient (Wildman–Crippen LogP) is 4.07. The molecule has 0 radical (unpaired) electrons. The maximum Gasteiger partial charge on any atom is 0.263 e. The lowest BCUT2D eigenvalue weighted by atomic mass is 10.1. The van der Waals surface area contributed by atoms with Crippen LogP contribution in [0.15, 0.2) is 54.6 Å². The number of nitrogens with one attached hydrogen (secondary N) is 1. The van der Waals surface area contributed by atoms with Crippen LogP contribution in [0, 0.1) is 13.8 Å². The van der Waals surface area contributed by atoms with Gasteiger partial charge in [-0.2, -0.15) is 9.78 Å². The van der Waals surface area contributed by atoms with Crippen LogP contribution in [-0.4, -0.2) is 41.5 Å². The first-order valence-electron chi connectivity index (χ1n) is 10.1. The molecule has 2 aromatic carbocycles. The van der Waals surface area contributed by atoms with Crippen molar-refractivity contribution in [2.75, 3.05) is 26.1 Å². The summed E-state index contributed by atoms with van der Waals surface area (Å²) in [6.07, 6.45) is 0. The van der Waals surface area contributed by atoms with Crippen LogP contribution >= 0.6 is 0 Å². The zero-order valence-electron chi connectivity index (χ0n) is 18.4. The zero-order valence-corrected chi connectivity index (χ0v) is 18.4. The molecule has 32 heavy (non-hydrogen) atoms. The van der Waals surface area contributed by atoms with Crippen molar-refractivity contribution >= 4 is 22.6 Å². The molecule has 4 rings (SSSR count). The number of rotatable bonds is 7. The van der Waals surface area contributed by atoms with E-state index in [1.54, 1.807) is 37.1 Å². The van der Waals surface area contributed by atoms with Crippen LogP contribution in [0.4, 0.5) is 5.82 Å². The van der Waals surface area contributed by atoms with Crippen LogP contribution in [0.25, 0.3) is 16.7 Å². The Morgan fingerprint density at radius 3 is 2.44 bits per heavy atom. The highest BCUT2D eigenvalue weighted by Gasteiger charge is 2.15. The van der Waals surface area contributed by atoms with Gasteiger partial charge in [0.05, 0.1) is 19.9 Å². The molecule has 4 aromatic rings. The van der Waals surface area contributed by atoms with E-state index >= 15 is 0 Å². The van der Waals surface area contributed by atoms with Gasteiger partial charge < -0.3 is 19.5 Å². The third kappa shape index (κ3) is 4.20. The molecule has 0 spiro atoms. The molecule has 0 unspecified atom stereocenters. The van der Waals surface area contributed by atoms with E-state index in [0.29, 0.717) is 28.9 Å². The summed E-state index contributed by atoms with van der Waals surface area (Å²) >= 11 is 0. The maximum absolute atomic E-state index is 12.6. The number of methoxy groups -OCH3 is 2. The normalized spacial score (nSPS) is 10.8. The molecule has 0 aliphatic carbocycles. The summed E-state index contributed by atoms with van der Waals surface area (Å²) in [5.74, 6) is 2.48. The Bertz CT molecular complexity index is 1280. The van der Waals surface area contributed by atoms with Gasteiger partial charge >= 0.3 is 0 Å². The van der Waals surface area contributed by atoms with Gasteiger partial charge in [0.15, 0.2) is 23.9 Å². The lowest BCUT2D eigenvalue weighted by molar-refractivity contribution is -0.118. The van der Waals surface area contributed by atoms with Crippen molar-refractivity contribution in [2.45, 2.75) is 13.8 Å². The lowest BCUT2D eigenvalue weighted by Crippen LogP contribution is -2.22. The summed E-state index contributed by atoms with van der Waals surface area (Å²) in [5.41, 5.74) is 2.49. The molecule has 0 fully saturated rings. The van der Waals surface area contributed by atoms with E-state index in [4.69, 9.17) is 19.2 Å². The minimum absolute atomic E-state index is 0.178. The quantitative estimate of drug-likeness (QED) is 0.474. The van der Waals surface area contributed by atoms with E-state index in [0.717, 1.165) is 22.2 Å². The molecule has 2 aromatic heterocycles. The van der Waals surface area contributed by atoms with Crippen LogP contribution in [0.3, 0.4) is 0 Å². The zero-order chi connectivity index (χ0) is 22.7. The number of fused-ring (bicyclic) bond motifs is 1. The van der Waals surface area contributed by atoms with Crippen molar-refractivity contribution in [3.63, 3.8) is 0 Å². The van der Waals surface area contributed by atoms with Crippen molar-refractivity contribution < 1.29 is 19.0 Å². The van der Waals surface area contributed by atoms with Crippen molar-refractivity contribution in [2.24, 2.45) is 0 Å². The molecule has 0 saturated carbocycles. The highest BCUT2D eigenvalue weighted by molar-refractivity contribution is 5.92. The number of amides is 1. The highest BCUT2D eigenvalue weighted by atomic mass is 16.5. The fraction of sp³-hybridized carbons (Fsp3) is 0.208. The van der Waals surface area contributed by atoms with Crippen molar-refractivity contribution in [1.82, 2.24) is 14.8 Å². The van der Waals surface area contributed by atoms with Crippen LogP contribution in [0.5, 0.6) is 17.2 Å². The van der Waals surface area contributed by atoms with Gasteiger partial charge in [0.2, 0.25) is 0 Å². The van der Waals surface area contributed by atoms with Crippen LogP contribution in [-0.2, 0) is 4.79 Å². The lowest BCUT2D eigenvalue weighted by Gasteiger charge is -2.13. The maximum atomic E-state index is 12.6. The van der Waals surface area contributed by atoms with E-state index in [-0.39, 0.29) is 12.5 Å². The molecule has 0 atom stereocenters. The van der Waals surface area contributed by atoms with Gasteiger partial charge in [-0.05, 0) is 43.7 Å². The number of para-hydroxylation sites is 3. The molecule has 2 heterocycles. The molecular weight excluding hydrogens is 408 g/mol. The van der Waals surface area contributed by atoms with Crippen molar-refractivity contribution in [3.05, 3.63) is 65.9 Å². The molecule has 8 nitrogen and oxygen atoms in total. The molecule has 8 heteroatoms. The van der Waals surface area contributed by atoms with Crippen LogP contribution in [0.1, 0.15) is 11.3 Å². The molecule has 0 saturated heterocycles. The van der Waals surface area contributed by atoms with E-state index in [2.05, 4.69) is 10.4 Å². The number of hydrogen-bond donors (Lipinski definition) is 1.